The molecule has 2 heterocycles. The lowest BCUT2D eigenvalue weighted by molar-refractivity contribution is -0.159. The third-order valence-electron chi connectivity index (χ3n) is 6.17. The Morgan fingerprint density at radius 2 is 1.71 bits per heavy atom. The summed E-state index contributed by atoms with van der Waals surface area (Å²) in [6, 6.07) is 12.4. The molecule has 2 aliphatic heterocycles. The summed E-state index contributed by atoms with van der Waals surface area (Å²) in [6.07, 6.45) is 4.51. The summed E-state index contributed by atoms with van der Waals surface area (Å²) in [5.74, 6) is -4.74. The van der Waals surface area contributed by atoms with Crippen molar-refractivity contribution in [2.75, 3.05) is 31.1 Å². The zero-order chi connectivity index (χ0) is 24.7. The lowest BCUT2D eigenvalue weighted by Gasteiger charge is -2.29. The Balaban J connectivity index is 0.000000481. The van der Waals surface area contributed by atoms with Crippen LogP contribution in [-0.4, -0.2) is 59.1 Å². The zero-order valence-corrected chi connectivity index (χ0v) is 18.8. The van der Waals surface area contributed by atoms with Crippen LogP contribution in [0, 0.1) is 11.6 Å². The molecule has 1 atom stereocenters. The average molecular weight is 475 g/mol. The molecule has 2 aliphatic rings. The van der Waals surface area contributed by atoms with Crippen molar-refractivity contribution in [3.8, 4) is 0 Å². The Hall–Kier alpha value is -3.33. The van der Waals surface area contributed by atoms with Gasteiger partial charge in [0, 0.05) is 31.7 Å². The van der Waals surface area contributed by atoms with Crippen molar-refractivity contribution in [2.45, 2.75) is 38.0 Å². The molecule has 0 aliphatic carbocycles. The quantitative estimate of drug-likeness (QED) is 0.642. The number of anilines is 1. The van der Waals surface area contributed by atoms with Crippen LogP contribution in [-0.2, 0) is 20.8 Å². The summed E-state index contributed by atoms with van der Waals surface area (Å²) in [4.78, 5) is 34.8. The fourth-order valence-electron chi connectivity index (χ4n) is 4.40. The molecule has 4 rings (SSSR count). The van der Waals surface area contributed by atoms with E-state index in [0.29, 0.717) is 6.42 Å². The van der Waals surface area contributed by atoms with Crippen LogP contribution in [0.5, 0.6) is 0 Å². The molecule has 0 spiro atoms. The molecule has 1 unspecified atom stereocenters. The van der Waals surface area contributed by atoms with Crippen molar-refractivity contribution in [3.63, 3.8) is 0 Å². The lowest BCUT2D eigenvalue weighted by atomic mass is 9.98. The zero-order valence-electron chi connectivity index (χ0n) is 18.8. The first kappa shape index (κ1) is 25.3. The van der Waals surface area contributed by atoms with Gasteiger partial charge in [0.25, 0.3) is 0 Å². The first-order chi connectivity index (χ1) is 16.3. The molecular weight excluding hydrogens is 446 g/mol. The fourth-order valence-corrected chi connectivity index (χ4v) is 4.40. The van der Waals surface area contributed by atoms with Gasteiger partial charge in [0.05, 0.1) is 0 Å². The van der Waals surface area contributed by atoms with E-state index in [1.54, 1.807) is 6.07 Å². The van der Waals surface area contributed by atoms with Crippen LogP contribution in [0.15, 0.2) is 42.5 Å². The molecule has 0 bridgehead atoms. The Bertz CT molecular complexity index is 1030. The molecule has 1 amide bonds. The largest absolute Gasteiger partial charge is 0.473 e. The summed E-state index contributed by atoms with van der Waals surface area (Å²) < 4.78 is 26.7. The van der Waals surface area contributed by atoms with Gasteiger partial charge < -0.3 is 20.0 Å². The second kappa shape index (κ2) is 11.7. The summed E-state index contributed by atoms with van der Waals surface area (Å²) in [5.41, 5.74) is 3.12. The van der Waals surface area contributed by atoms with Crippen molar-refractivity contribution in [2.24, 2.45) is 0 Å². The first-order valence-corrected chi connectivity index (χ1v) is 11.3. The Morgan fingerprint density at radius 3 is 2.38 bits per heavy atom. The van der Waals surface area contributed by atoms with Crippen molar-refractivity contribution in [1.82, 2.24) is 4.90 Å². The minimum atomic E-state index is -1.82. The van der Waals surface area contributed by atoms with Gasteiger partial charge in [0.2, 0.25) is 5.91 Å². The van der Waals surface area contributed by atoms with Crippen molar-refractivity contribution < 1.29 is 33.4 Å². The first-order valence-electron chi connectivity index (χ1n) is 11.3. The van der Waals surface area contributed by atoms with Crippen LogP contribution in [0.3, 0.4) is 0 Å². The summed E-state index contributed by atoms with van der Waals surface area (Å²) in [6.45, 7) is 3.52. The minimum absolute atomic E-state index is 0.221. The highest BCUT2D eigenvalue weighted by Crippen LogP contribution is 2.29. The Kier molecular flexibility index (Phi) is 8.70. The van der Waals surface area contributed by atoms with Gasteiger partial charge in [-0.25, -0.2) is 18.4 Å². The molecule has 2 aromatic rings. The van der Waals surface area contributed by atoms with E-state index in [0.717, 1.165) is 63.1 Å². The maximum atomic E-state index is 13.5. The SMILES string of the molecule is O=C(O)C(=O)O.O=C1CCCCN1c1ccccc1CCN1CCC(c2ccc(F)c(F)c2)C1. The lowest BCUT2D eigenvalue weighted by Crippen LogP contribution is -2.36. The molecule has 9 heteroatoms. The minimum Gasteiger partial charge on any atom is -0.473 e. The number of likely N-dealkylation sites (tertiary alicyclic amines) is 1. The van der Waals surface area contributed by atoms with Crippen LogP contribution in [0.25, 0.3) is 0 Å². The number of para-hydroxylation sites is 1. The van der Waals surface area contributed by atoms with Crippen LogP contribution in [0.4, 0.5) is 14.5 Å². The molecule has 34 heavy (non-hydrogen) atoms. The molecular formula is C25H28F2N2O5. The van der Waals surface area contributed by atoms with E-state index < -0.39 is 23.6 Å². The molecule has 0 radical (unpaired) electrons. The van der Waals surface area contributed by atoms with Crippen molar-refractivity contribution in [1.29, 1.82) is 0 Å². The van der Waals surface area contributed by atoms with Crippen LogP contribution < -0.4 is 4.90 Å². The number of rotatable bonds is 5. The van der Waals surface area contributed by atoms with Gasteiger partial charge in [-0.05, 0) is 67.5 Å². The topological polar surface area (TPSA) is 98.1 Å². The van der Waals surface area contributed by atoms with Gasteiger partial charge in [0.1, 0.15) is 0 Å². The van der Waals surface area contributed by atoms with Gasteiger partial charge in [0.15, 0.2) is 11.6 Å². The van der Waals surface area contributed by atoms with Gasteiger partial charge in [-0.1, -0.05) is 24.3 Å². The Morgan fingerprint density at radius 1 is 0.971 bits per heavy atom. The number of piperidine rings is 1. The molecule has 2 aromatic carbocycles. The number of carbonyl (C=O) groups is 3. The maximum absolute atomic E-state index is 13.5. The fraction of sp³-hybridized carbons (Fsp3) is 0.400. The third-order valence-corrected chi connectivity index (χ3v) is 6.17. The molecule has 2 fully saturated rings. The molecule has 0 aromatic heterocycles. The second-order valence-corrected chi connectivity index (χ2v) is 8.45. The molecule has 2 N–H and O–H groups in total. The van der Waals surface area contributed by atoms with E-state index in [4.69, 9.17) is 19.8 Å². The molecule has 2 saturated heterocycles. The number of nitrogens with zero attached hydrogens (tertiary/aromatic N) is 2. The number of benzene rings is 2. The molecule has 0 saturated carbocycles. The van der Waals surface area contributed by atoms with E-state index in [-0.39, 0.29) is 11.8 Å². The molecule has 182 valence electrons. The number of amides is 1. The highest BCUT2D eigenvalue weighted by atomic mass is 19.2. The van der Waals surface area contributed by atoms with Gasteiger partial charge in [-0.15, -0.1) is 0 Å². The summed E-state index contributed by atoms with van der Waals surface area (Å²) in [7, 11) is 0. The third kappa shape index (κ3) is 6.60. The van der Waals surface area contributed by atoms with E-state index in [2.05, 4.69) is 11.0 Å². The number of aliphatic carboxylic acids is 2. The van der Waals surface area contributed by atoms with Crippen LogP contribution >= 0.6 is 0 Å². The van der Waals surface area contributed by atoms with Crippen LogP contribution in [0.1, 0.15) is 42.7 Å². The molecule has 7 nitrogen and oxygen atoms in total. The van der Waals surface area contributed by atoms with E-state index in [1.807, 2.05) is 23.1 Å². The number of carboxylic acid groups (broad SMARTS) is 2. The predicted octanol–water partition coefficient (Wildman–Crippen LogP) is 3.67. The predicted molar refractivity (Wildman–Crippen MR) is 122 cm³/mol. The van der Waals surface area contributed by atoms with Gasteiger partial charge in [-0.2, -0.15) is 0 Å². The number of carbonyl (C=O) groups excluding carboxylic acids is 1. The maximum Gasteiger partial charge on any atom is 0.414 e. The van der Waals surface area contributed by atoms with Crippen molar-refractivity contribution >= 4 is 23.5 Å². The van der Waals surface area contributed by atoms with Crippen molar-refractivity contribution in [3.05, 3.63) is 65.2 Å². The number of hydrogen-bond acceptors (Lipinski definition) is 4. The van der Waals surface area contributed by atoms with E-state index in [1.165, 1.54) is 17.7 Å². The monoisotopic (exact) mass is 474 g/mol. The highest BCUT2D eigenvalue weighted by molar-refractivity contribution is 6.27. The standard InChI is InChI=1S/C23H26F2N2O.C2H2O4/c24-20-9-8-18(15-21(20)25)19-11-14-26(16-19)13-10-17-5-1-2-6-22(17)27-12-4-3-7-23(27)28;3-1(4)2(5)6/h1-2,5-6,8-9,15,19H,3-4,7,10-14,16H2;(H,3,4)(H,5,6). The number of hydrogen-bond donors (Lipinski definition) is 2. The van der Waals surface area contributed by atoms with E-state index >= 15 is 0 Å². The van der Waals surface area contributed by atoms with Gasteiger partial charge >= 0.3 is 11.9 Å². The highest BCUT2D eigenvalue weighted by Gasteiger charge is 2.25. The smallest absolute Gasteiger partial charge is 0.414 e. The number of halogens is 2. The van der Waals surface area contributed by atoms with Crippen LogP contribution in [0.2, 0.25) is 0 Å². The second-order valence-electron chi connectivity index (χ2n) is 8.45. The van der Waals surface area contributed by atoms with E-state index in [9.17, 15) is 13.6 Å². The van der Waals surface area contributed by atoms with Gasteiger partial charge in [-0.3, -0.25) is 4.79 Å². The Labute approximate surface area is 196 Å². The number of carboxylic acids is 2. The summed E-state index contributed by atoms with van der Waals surface area (Å²) in [5, 5.41) is 14.8. The average Bonchev–Trinajstić information content (AvgIpc) is 3.29. The summed E-state index contributed by atoms with van der Waals surface area (Å²) >= 11 is 0. The normalized spacial score (nSPS) is 18.4.